The van der Waals surface area contributed by atoms with Gasteiger partial charge < -0.3 is 14.5 Å². The van der Waals surface area contributed by atoms with E-state index in [1.807, 2.05) is 18.2 Å². The molecule has 1 aliphatic rings. The van der Waals surface area contributed by atoms with E-state index in [4.69, 9.17) is 9.15 Å². The van der Waals surface area contributed by atoms with Crippen LogP contribution in [0.5, 0.6) is 0 Å². The van der Waals surface area contributed by atoms with Crippen molar-refractivity contribution in [3.63, 3.8) is 0 Å². The summed E-state index contributed by atoms with van der Waals surface area (Å²) in [5.74, 6) is -0.472. The number of oxazole rings is 1. The number of ether oxygens (including phenoxy) is 1. The second kappa shape index (κ2) is 6.91. The summed E-state index contributed by atoms with van der Waals surface area (Å²) in [6.07, 6.45) is 0. The molecule has 8 heteroatoms. The first-order chi connectivity index (χ1) is 13.1. The van der Waals surface area contributed by atoms with Crippen LogP contribution in [0.3, 0.4) is 0 Å². The lowest BCUT2D eigenvalue weighted by molar-refractivity contribution is -0.125. The van der Waals surface area contributed by atoms with Gasteiger partial charge in [0.15, 0.2) is 12.2 Å². The number of para-hydroxylation sites is 2. The summed E-state index contributed by atoms with van der Waals surface area (Å²) < 4.78 is 10.7. The number of urea groups is 1. The molecule has 3 aromatic rings. The number of carbonyl (C=O) groups excluding carboxylic acids is 3. The maximum Gasteiger partial charge on any atom is 0.338 e. The number of carbonyl (C=O) groups is 3. The summed E-state index contributed by atoms with van der Waals surface area (Å²) >= 11 is 0. The van der Waals surface area contributed by atoms with Crippen LogP contribution in [0.2, 0.25) is 0 Å². The van der Waals surface area contributed by atoms with Crippen molar-refractivity contribution in [1.29, 1.82) is 0 Å². The molecule has 8 nitrogen and oxygen atoms in total. The lowest BCUT2D eigenvalue weighted by Gasteiger charge is -2.12. The largest absolute Gasteiger partial charge is 0.452 e. The molecule has 136 valence electrons. The highest BCUT2D eigenvalue weighted by molar-refractivity contribution is 6.01. The Labute approximate surface area is 153 Å². The normalized spacial score (nSPS) is 13.9. The van der Waals surface area contributed by atoms with Crippen molar-refractivity contribution in [2.75, 3.05) is 6.54 Å². The number of hydrogen-bond donors (Lipinski definition) is 1. The zero-order chi connectivity index (χ0) is 18.8. The van der Waals surface area contributed by atoms with Crippen molar-refractivity contribution in [3.05, 3.63) is 65.5 Å². The van der Waals surface area contributed by atoms with E-state index in [1.165, 1.54) is 0 Å². The van der Waals surface area contributed by atoms with Crippen molar-refractivity contribution in [2.24, 2.45) is 0 Å². The number of aromatic nitrogens is 1. The van der Waals surface area contributed by atoms with Gasteiger partial charge >= 0.3 is 12.0 Å². The van der Waals surface area contributed by atoms with Gasteiger partial charge in [0.1, 0.15) is 5.52 Å². The number of fused-ring (bicyclic) bond motifs is 1. The number of rotatable bonds is 5. The molecule has 2 aromatic carbocycles. The van der Waals surface area contributed by atoms with E-state index in [2.05, 4.69) is 10.3 Å². The second-order valence-electron chi connectivity index (χ2n) is 5.99. The Bertz CT molecular complexity index is 976. The minimum absolute atomic E-state index is 0.0130. The van der Waals surface area contributed by atoms with Gasteiger partial charge in [-0.15, -0.1) is 0 Å². The fraction of sp³-hybridized carbons (Fsp3) is 0.158. The highest BCUT2D eigenvalue weighted by atomic mass is 16.5. The van der Waals surface area contributed by atoms with Gasteiger partial charge in [-0.25, -0.2) is 14.6 Å². The molecule has 0 bridgehead atoms. The van der Waals surface area contributed by atoms with Gasteiger partial charge in [0.05, 0.1) is 18.7 Å². The molecule has 0 unspecified atom stereocenters. The lowest BCUT2D eigenvalue weighted by atomic mass is 10.1. The quantitative estimate of drug-likeness (QED) is 0.550. The number of amides is 3. The van der Waals surface area contributed by atoms with Gasteiger partial charge in [0, 0.05) is 0 Å². The van der Waals surface area contributed by atoms with E-state index in [9.17, 15) is 14.4 Å². The third-order valence-corrected chi connectivity index (χ3v) is 4.13. The number of esters is 1. The summed E-state index contributed by atoms with van der Waals surface area (Å²) in [5.41, 5.74) is 2.42. The SMILES string of the molecule is O=C(OCc1nc2ccccc2o1)c1ccc(CN2C(=O)CNC2=O)cc1. The molecule has 27 heavy (non-hydrogen) atoms. The number of imide groups is 1. The van der Waals surface area contributed by atoms with Gasteiger partial charge in [0.2, 0.25) is 11.8 Å². The molecule has 0 saturated carbocycles. The van der Waals surface area contributed by atoms with Gasteiger partial charge in [-0.05, 0) is 29.8 Å². The average Bonchev–Trinajstić information content (AvgIpc) is 3.24. The fourth-order valence-corrected chi connectivity index (χ4v) is 2.74. The number of benzene rings is 2. The lowest BCUT2D eigenvalue weighted by Crippen LogP contribution is -2.30. The third kappa shape index (κ3) is 3.50. The van der Waals surface area contributed by atoms with Crippen molar-refractivity contribution in [3.8, 4) is 0 Å². The van der Waals surface area contributed by atoms with E-state index in [-0.39, 0.29) is 25.6 Å². The first-order valence-corrected chi connectivity index (χ1v) is 8.29. The zero-order valence-electron chi connectivity index (χ0n) is 14.2. The molecule has 4 rings (SSSR count). The van der Waals surface area contributed by atoms with Crippen molar-refractivity contribution in [1.82, 2.24) is 15.2 Å². The average molecular weight is 365 g/mol. The minimum atomic E-state index is -0.515. The van der Waals surface area contributed by atoms with Crippen molar-refractivity contribution in [2.45, 2.75) is 13.2 Å². The summed E-state index contributed by atoms with van der Waals surface area (Å²) in [6, 6.07) is 13.4. The van der Waals surface area contributed by atoms with Crippen LogP contribution in [0.15, 0.2) is 52.9 Å². The molecular formula is C19H15N3O5. The van der Waals surface area contributed by atoms with E-state index in [0.717, 1.165) is 10.5 Å². The molecule has 1 fully saturated rings. The summed E-state index contributed by atoms with van der Waals surface area (Å²) in [4.78, 5) is 40.7. The Kier molecular flexibility index (Phi) is 4.29. The molecule has 1 aromatic heterocycles. The summed E-state index contributed by atoms with van der Waals surface area (Å²) in [5, 5.41) is 2.46. The Balaban J connectivity index is 1.37. The predicted octanol–water partition coefficient (Wildman–Crippen LogP) is 2.24. The van der Waals surface area contributed by atoms with Gasteiger partial charge in [-0.2, -0.15) is 0 Å². The molecule has 3 amide bonds. The van der Waals surface area contributed by atoms with E-state index >= 15 is 0 Å². The Hall–Kier alpha value is -3.68. The second-order valence-corrected chi connectivity index (χ2v) is 5.99. The zero-order valence-corrected chi connectivity index (χ0v) is 14.2. The Morgan fingerprint density at radius 3 is 2.63 bits per heavy atom. The highest BCUT2D eigenvalue weighted by Gasteiger charge is 2.28. The van der Waals surface area contributed by atoms with E-state index in [1.54, 1.807) is 30.3 Å². The molecule has 0 spiro atoms. The molecule has 0 aliphatic carbocycles. The summed E-state index contributed by atoms with van der Waals surface area (Å²) in [6.45, 7) is 0.0969. The smallest absolute Gasteiger partial charge is 0.338 e. The van der Waals surface area contributed by atoms with Crippen LogP contribution in [0.4, 0.5) is 4.79 Å². The number of nitrogens with zero attached hydrogens (tertiary/aromatic N) is 2. The Morgan fingerprint density at radius 2 is 1.93 bits per heavy atom. The van der Waals surface area contributed by atoms with Gasteiger partial charge in [-0.3, -0.25) is 9.69 Å². The third-order valence-electron chi connectivity index (χ3n) is 4.13. The van der Waals surface area contributed by atoms with Crippen LogP contribution in [-0.2, 0) is 22.7 Å². The maximum absolute atomic E-state index is 12.2. The molecule has 0 atom stereocenters. The summed E-state index contributed by atoms with van der Waals surface area (Å²) in [7, 11) is 0. The Morgan fingerprint density at radius 1 is 1.15 bits per heavy atom. The maximum atomic E-state index is 12.2. The van der Waals surface area contributed by atoms with Crippen LogP contribution >= 0.6 is 0 Å². The van der Waals surface area contributed by atoms with E-state index < -0.39 is 12.0 Å². The molecule has 2 heterocycles. The van der Waals surface area contributed by atoms with Crippen LogP contribution in [0.25, 0.3) is 11.1 Å². The molecule has 1 N–H and O–H groups in total. The molecule has 1 saturated heterocycles. The fourth-order valence-electron chi connectivity index (χ4n) is 2.74. The highest BCUT2D eigenvalue weighted by Crippen LogP contribution is 2.16. The standard InChI is InChI=1S/C19H15N3O5/c23-17-9-20-19(25)22(17)10-12-5-7-13(8-6-12)18(24)26-11-16-21-14-3-1-2-4-15(14)27-16/h1-8H,9-11H2,(H,20,25). The molecule has 0 radical (unpaired) electrons. The monoisotopic (exact) mass is 365 g/mol. The van der Waals surface area contributed by atoms with Crippen LogP contribution in [0.1, 0.15) is 21.8 Å². The van der Waals surface area contributed by atoms with Crippen molar-refractivity contribution < 1.29 is 23.5 Å². The van der Waals surface area contributed by atoms with Crippen LogP contribution in [0, 0.1) is 0 Å². The topological polar surface area (TPSA) is 102 Å². The van der Waals surface area contributed by atoms with Crippen molar-refractivity contribution >= 4 is 29.0 Å². The van der Waals surface area contributed by atoms with Gasteiger partial charge in [0.25, 0.3) is 0 Å². The number of nitrogens with one attached hydrogen (secondary N) is 1. The molecular weight excluding hydrogens is 350 g/mol. The minimum Gasteiger partial charge on any atom is -0.452 e. The first-order valence-electron chi connectivity index (χ1n) is 8.29. The predicted molar refractivity (Wildman–Crippen MR) is 93.5 cm³/mol. The van der Waals surface area contributed by atoms with E-state index in [0.29, 0.717) is 22.6 Å². The molecule has 1 aliphatic heterocycles. The first kappa shape index (κ1) is 16.8. The number of hydrogen-bond acceptors (Lipinski definition) is 6. The van der Waals surface area contributed by atoms with Crippen LogP contribution in [-0.4, -0.2) is 34.3 Å². The van der Waals surface area contributed by atoms with Crippen LogP contribution < -0.4 is 5.32 Å². The van der Waals surface area contributed by atoms with Gasteiger partial charge in [-0.1, -0.05) is 24.3 Å².